The van der Waals surface area contributed by atoms with Crippen LogP contribution in [0.3, 0.4) is 0 Å². The van der Waals surface area contributed by atoms with Crippen molar-refractivity contribution in [3.8, 4) is 11.5 Å². The number of aromatic nitrogens is 1. The van der Waals surface area contributed by atoms with E-state index in [4.69, 9.17) is 9.47 Å². The molecule has 2 heterocycles. The summed E-state index contributed by atoms with van der Waals surface area (Å²) in [5.74, 6) is 1.19. The lowest BCUT2D eigenvalue weighted by molar-refractivity contribution is 0.118. The van der Waals surface area contributed by atoms with E-state index in [1.165, 1.54) is 0 Å². The molecule has 31 heavy (non-hydrogen) atoms. The summed E-state index contributed by atoms with van der Waals surface area (Å²) in [6, 6.07) is 26.4. The number of fused-ring (bicyclic) bond motifs is 2. The molecule has 6 heteroatoms. The lowest BCUT2D eigenvalue weighted by Crippen LogP contribution is -2.37. The number of benzene rings is 3. The largest absolute Gasteiger partial charge is 0.611 e. The van der Waals surface area contributed by atoms with Crippen LogP contribution in [0.25, 0.3) is 10.9 Å². The molecule has 1 aliphatic heterocycles. The van der Waals surface area contributed by atoms with Crippen LogP contribution in [-0.2, 0) is 17.8 Å². The summed E-state index contributed by atoms with van der Waals surface area (Å²) >= 11 is -1.39. The van der Waals surface area contributed by atoms with Gasteiger partial charge in [0.1, 0.15) is 30.8 Å². The first-order valence-corrected chi connectivity index (χ1v) is 11.3. The third-order valence-electron chi connectivity index (χ3n) is 5.35. The van der Waals surface area contributed by atoms with Crippen molar-refractivity contribution in [1.82, 2.24) is 4.98 Å². The number of rotatable bonds is 5. The number of para-hydroxylation sites is 1. The summed E-state index contributed by atoms with van der Waals surface area (Å²) in [4.78, 5) is 5.30. The smallest absolute Gasteiger partial charge is 0.184 e. The average molecular weight is 432 g/mol. The Balaban J connectivity index is 1.33. The molecule has 1 aliphatic rings. The van der Waals surface area contributed by atoms with E-state index in [1.807, 2.05) is 54.6 Å². The monoisotopic (exact) mass is 431 g/mol. The first kappa shape index (κ1) is 19.9. The molecule has 5 nitrogen and oxygen atoms in total. The summed E-state index contributed by atoms with van der Waals surface area (Å²) in [5.41, 5.74) is 2.32. The van der Waals surface area contributed by atoms with Gasteiger partial charge in [-0.25, -0.2) is 4.98 Å². The number of aliphatic hydroxyl groups is 1. The summed E-state index contributed by atoms with van der Waals surface area (Å²) < 4.78 is 24.7. The van der Waals surface area contributed by atoms with E-state index in [-0.39, 0.29) is 6.61 Å². The minimum atomic E-state index is -1.39. The Morgan fingerprint density at radius 3 is 2.68 bits per heavy atom. The molecule has 3 atom stereocenters. The zero-order valence-corrected chi connectivity index (χ0v) is 17.5. The van der Waals surface area contributed by atoms with Gasteiger partial charge in [-0.1, -0.05) is 42.5 Å². The highest BCUT2D eigenvalue weighted by Crippen LogP contribution is 2.39. The predicted octanol–water partition coefficient (Wildman–Crippen LogP) is 4.42. The first-order valence-electron chi connectivity index (χ1n) is 10.1. The SMILES string of the molecule is [O-][S+](c1ccccc1)[C@@H]1COc2ccc(OCc3ccc4ccccc4n3)cc2[C@H]1O. The second kappa shape index (κ2) is 8.59. The van der Waals surface area contributed by atoms with Crippen molar-refractivity contribution >= 4 is 22.1 Å². The Hall–Kier alpha value is -3.06. The average Bonchev–Trinajstić information content (AvgIpc) is 2.83. The number of nitrogens with zero attached hydrogens (tertiary/aromatic N) is 1. The third kappa shape index (κ3) is 4.10. The second-order valence-electron chi connectivity index (χ2n) is 7.39. The van der Waals surface area contributed by atoms with Gasteiger partial charge < -0.3 is 19.1 Å². The third-order valence-corrected chi connectivity index (χ3v) is 7.03. The van der Waals surface area contributed by atoms with Crippen LogP contribution in [0.1, 0.15) is 17.4 Å². The standard InChI is InChI=1S/C25H21NO4S/c27-25-21-14-19(29-15-18-11-10-17-6-4-5-9-22(17)26-18)12-13-23(21)30-16-24(25)31(28)20-7-2-1-3-8-20/h1-14,24-25,27H,15-16H2/t24-,25-,31?/m1/s1. The molecule has 0 aliphatic carbocycles. The molecule has 5 rings (SSSR count). The molecular formula is C25H21NO4S. The van der Waals surface area contributed by atoms with Crippen molar-refractivity contribution in [2.75, 3.05) is 6.61 Å². The van der Waals surface area contributed by atoms with E-state index in [2.05, 4.69) is 4.98 Å². The van der Waals surface area contributed by atoms with Gasteiger partial charge in [0.05, 0.1) is 11.2 Å². The highest BCUT2D eigenvalue weighted by molar-refractivity contribution is 7.92. The van der Waals surface area contributed by atoms with E-state index in [0.717, 1.165) is 16.6 Å². The van der Waals surface area contributed by atoms with E-state index in [0.29, 0.717) is 28.6 Å². The normalized spacial score (nSPS) is 18.8. The molecule has 3 aromatic carbocycles. The number of hydrogen-bond donors (Lipinski definition) is 1. The van der Waals surface area contributed by atoms with Gasteiger partial charge >= 0.3 is 0 Å². The maximum Gasteiger partial charge on any atom is 0.184 e. The fourth-order valence-corrected chi connectivity index (χ4v) is 5.04. The molecule has 1 N–H and O–H groups in total. The molecule has 0 saturated carbocycles. The highest BCUT2D eigenvalue weighted by atomic mass is 32.2. The van der Waals surface area contributed by atoms with Crippen molar-refractivity contribution in [1.29, 1.82) is 0 Å². The molecule has 0 radical (unpaired) electrons. The van der Waals surface area contributed by atoms with Gasteiger partial charge in [-0.2, -0.15) is 0 Å². The summed E-state index contributed by atoms with van der Waals surface area (Å²) in [7, 11) is 0. The zero-order valence-electron chi connectivity index (χ0n) is 16.7. The summed E-state index contributed by atoms with van der Waals surface area (Å²) in [5, 5.41) is 11.5. The minimum Gasteiger partial charge on any atom is -0.611 e. The predicted molar refractivity (Wildman–Crippen MR) is 120 cm³/mol. The Morgan fingerprint density at radius 1 is 1.00 bits per heavy atom. The topological polar surface area (TPSA) is 74.6 Å². The van der Waals surface area contributed by atoms with Crippen LogP contribution in [0.4, 0.5) is 0 Å². The van der Waals surface area contributed by atoms with Gasteiger partial charge in [0, 0.05) is 10.9 Å². The molecule has 1 aromatic heterocycles. The Kier molecular flexibility index (Phi) is 5.51. The molecule has 156 valence electrons. The van der Waals surface area contributed by atoms with E-state index in [1.54, 1.807) is 30.3 Å². The quantitative estimate of drug-likeness (QED) is 0.474. The van der Waals surface area contributed by atoms with Crippen LogP contribution in [0.15, 0.2) is 89.8 Å². The lowest BCUT2D eigenvalue weighted by Gasteiger charge is -2.31. The van der Waals surface area contributed by atoms with E-state index in [9.17, 15) is 9.66 Å². The van der Waals surface area contributed by atoms with Crippen LogP contribution in [-0.4, -0.2) is 26.5 Å². The summed E-state index contributed by atoms with van der Waals surface area (Å²) in [6.45, 7) is 0.497. The van der Waals surface area contributed by atoms with Gasteiger partial charge in [-0.3, -0.25) is 0 Å². The lowest BCUT2D eigenvalue weighted by atomic mass is 10.0. The van der Waals surface area contributed by atoms with Crippen LogP contribution < -0.4 is 9.47 Å². The van der Waals surface area contributed by atoms with Gasteiger partial charge in [0.25, 0.3) is 0 Å². The molecular weight excluding hydrogens is 410 g/mol. The first-order chi connectivity index (χ1) is 15.2. The fourth-order valence-electron chi connectivity index (χ4n) is 3.70. The van der Waals surface area contributed by atoms with Crippen LogP contribution in [0.5, 0.6) is 11.5 Å². The highest BCUT2D eigenvalue weighted by Gasteiger charge is 2.39. The van der Waals surface area contributed by atoms with E-state index >= 15 is 0 Å². The van der Waals surface area contributed by atoms with Crippen LogP contribution in [0.2, 0.25) is 0 Å². The number of hydrogen-bond acceptors (Lipinski definition) is 5. The van der Waals surface area contributed by atoms with Crippen LogP contribution >= 0.6 is 0 Å². The molecule has 1 unspecified atom stereocenters. The molecule has 0 amide bonds. The molecule has 0 saturated heterocycles. The number of pyridine rings is 1. The summed E-state index contributed by atoms with van der Waals surface area (Å²) in [6.07, 6.45) is -0.910. The van der Waals surface area contributed by atoms with Gasteiger partial charge in [0.2, 0.25) is 0 Å². The Morgan fingerprint density at radius 2 is 1.81 bits per heavy atom. The Bertz CT molecular complexity index is 1200. The van der Waals surface area contributed by atoms with Crippen molar-refractivity contribution in [2.45, 2.75) is 22.9 Å². The van der Waals surface area contributed by atoms with Crippen molar-refractivity contribution < 1.29 is 19.1 Å². The number of ether oxygens (including phenoxy) is 2. The molecule has 4 aromatic rings. The maximum absolute atomic E-state index is 13.0. The van der Waals surface area contributed by atoms with Crippen molar-refractivity contribution in [2.24, 2.45) is 0 Å². The zero-order chi connectivity index (χ0) is 21.2. The molecule has 0 fully saturated rings. The molecule has 0 bridgehead atoms. The van der Waals surface area contributed by atoms with Crippen molar-refractivity contribution in [3.05, 3.63) is 96.2 Å². The van der Waals surface area contributed by atoms with Crippen molar-refractivity contribution in [3.63, 3.8) is 0 Å². The minimum absolute atomic E-state index is 0.191. The van der Waals surface area contributed by atoms with Gasteiger partial charge in [-0.15, -0.1) is 0 Å². The maximum atomic E-state index is 13.0. The second-order valence-corrected chi connectivity index (χ2v) is 9.06. The Labute approximate surface area is 183 Å². The number of aliphatic hydroxyl groups excluding tert-OH is 1. The van der Waals surface area contributed by atoms with E-state index < -0.39 is 22.5 Å². The fraction of sp³-hybridized carbons (Fsp3) is 0.160. The van der Waals surface area contributed by atoms with Crippen LogP contribution in [0, 0.1) is 0 Å². The van der Waals surface area contributed by atoms with Gasteiger partial charge in [0.15, 0.2) is 10.1 Å². The van der Waals surface area contributed by atoms with Gasteiger partial charge in [-0.05, 0) is 53.6 Å². The molecule has 0 spiro atoms.